The highest BCUT2D eigenvalue weighted by molar-refractivity contribution is 5.81. The van der Waals surface area contributed by atoms with Gasteiger partial charge in [-0.25, -0.2) is 0 Å². The van der Waals surface area contributed by atoms with E-state index in [1.807, 2.05) is 30.3 Å². The van der Waals surface area contributed by atoms with Crippen LogP contribution in [0.3, 0.4) is 0 Å². The van der Waals surface area contributed by atoms with Crippen molar-refractivity contribution in [3.05, 3.63) is 35.9 Å². The molecule has 0 unspecified atom stereocenters. The minimum atomic E-state index is -0.447. The first kappa shape index (κ1) is 14.1. The number of carbonyl (C=O) groups excluding carboxylic acids is 1. The van der Waals surface area contributed by atoms with Gasteiger partial charge in [0.2, 0.25) is 5.91 Å². The lowest BCUT2D eigenvalue weighted by Gasteiger charge is -2.52. The third-order valence-electron chi connectivity index (χ3n) is 4.87. The van der Waals surface area contributed by atoms with Crippen molar-refractivity contribution in [1.29, 1.82) is 5.26 Å². The summed E-state index contributed by atoms with van der Waals surface area (Å²) in [5.74, 6) is 0.0310. The van der Waals surface area contributed by atoms with Gasteiger partial charge in [0.15, 0.2) is 0 Å². The van der Waals surface area contributed by atoms with E-state index >= 15 is 0 Å². The van der Waals surface area contributed by atoms with E-state index in [0.717, 1.165) is 31.2 Å². The molecular formula is C17H20N2O2. The fourth-order valence-electron chi connectivity index (χ4n) is 3.77. The molecule has 4 nitrogen and oxygen atoms in total. The van der Waals surface area contributed by atoms with Crippen LogP contribution in [0.1, 0.15) is 37.2 Å². The smallest absolute Gasteiger partial charge is 0.227 e. The Labute approximate surface area is 125 Å². The minimum Gasteiger partial charge on any atom is -0.394 e. The molecule has 1 amide bonds. The van der Waals surface area contributed by atoms with E-state index < -0.39 is 6.04 Å². The summed E-state index contributed by atoms with van der Waals surface area (Å²) in [5.41, 5.74) is 1.03. The average Bonchev–Trinajstić information content (AvgIpc) is 3.02. The van der Waals surface area contributed by atoms with Gasteiger partial charge in [0, 0.05) is 11.8 Å². The molecule has 1 aromatic carbocycles. The quantitative estimate of drug-likeness (QED) is 0.924. The predicted molar refractivity (Wildman–Crippen MR) is 78.3 cm³/mol. The molecule has 3 rings (SSSR count). The summed E-state index contributed by atoms with van der Waals surface area (Å²) in [5, 5.41) is 19.2. The number of carbonyl (C=O) groups is 1. The van der Waals surface area contributed by atoms with Gasteiger partial charge in [0.05, 0.1) is 18.7 Å². The molecule has 1 saturated heterocycles. The molecule has 1 saturated carbocycles. The van der Waals surface area contributed by atoms with Gasteiger partial charge in [-0.1, -0.05) is 43.2 Å². The molecule has 0 radical (unpaired) electrons. The molecule has 1 heterocycles. The molecule has 0 aromatic heterocycles. The third-order valence-corrected chi connectivity index (χ3v) is 4.87. The molecule has 21 heavy (non-hydrogen) atoms. The molecule has 0 bridgehead atoms. The first-order valence-electron chi connectivity index (χ1n) is 7.65. The van der Waals surface area contributed by atoms with Crippen LogP contribution < -0.4 is 0 Å². The fraction of sp³-hybridized carbons (Fsp3) is 0.529. The van der Waals surface area contributed by atoms with Gasteiger partial charge in [-0.15, -0.1) is 0 Å². The number of hydrogen-bond donors (Lipinski definition) is 1. The van der Waals surface area contributed by atoms with Gasteiger partial charge in [0.25, 0.3) is 0 Å². The van der Waals surface area contributed by atoms with Gasteiger partial charge < -0.3 is 10.0 Å². The van der Waals surface area contributed by atoms with Crippen LogP contribution in [-0.2, 0) is 4.79 Å². The topological polar surface area (TPSA) is 64.3 Å². The molecule has 1 aliphatic carbocycles. The van der Waals surface area contributed by atoms with E-state index in [4.69, 9.17) is 0 Å². The maximum Gasteiger partial charge on any atom is 0.227 e. The first-order valence-corrected chi connectivity index (χ1v) is 7.65. The lowest BCUT2D eigenvalue weighted by molar-refractivity contribution is -0.151. The Hall–Kier alpha value is -1.86. The molecule has 1 aliphatic heterocycles. The van der Waals surface area contributed by atoms with Crippen molar-refractivity contribution in [2.75, 3.05) is 6.61 Å². The summed E-state index contributed by atoms with van der Waals surface area (Å²) < 4.78 is 0. The lowest BCUT2D eigenvalue weighted by Crippen LogP contribution is -2.66. The third kappa shape index (κ3) is 2.32. The summed E-state index contributed by atoms with van der Waals surface area (Å²) in [6.45, 7) is -0.0871. The van der Waals surface area contributed by atoms with Crippen LogP contribution in [0, 0.1) is 17.2 Å². The van der Waals surface area contributed by atoms with Gasteiger partial charge in [-0.3, -0.25) is 4.79 Å². The number of likely N-dealkylation sites (tertiary alicyclic amines) is 1. The van der Waals surface area contributed by atoms with E-state index in [1.54, 1.807) is 4.90 Å². The Morgan fingerprint density at radius 3 is 2.52 bits per heavy atom. The van der Waals surface area contributed by atoms with Crippen molar-refractivity contribution in [3.8, 4) is 6.07 Å². The van der Waals surface area contributed by atoms with Crippen molar-refractivity contribution in [2.24, 2.45) is 5.92 Å². The highest BCUT2D eigenvalue weighted by atomic mass is 16.3. The second kappa shape index (κ2) is 5.87. The van der Waals surface area contributed by atoms with Crippen LogP contribution in [0.25, 0.3) is 0 Å². The van der Waals surface area contributed by atoms with Crippen LogP contribution in [0.5, 0.6) is 0 Å². The number of hydrogen-bond acceptors (Lipinski definition) is 3. The zero-order valence-corrected chi connectivity index (χ0v) is 12.0. The molecule has 0 spiro atoms. The largest absolute Gasteiger partial charge is 0.394 e. The van der Waals surface area contributed by atoms with Gasteiger partial charge in [-0.2, -0.15) is 5.26 Å². The predicted octanol–water partition coefficient (Wildman–Crippen LogP) is 2.06. The molecule has 2 fully saturated rings. The van der Waals surface area contributed by atoms with Crippen LogP contribution in [0.2, 0.25) is 0 Å². The molecule has 3 atom stereocenters. The van der Waals surface area contributed by atoms with Crippen LogP contribution in [-0.4, -0.2) is 34.6 Å². The molecule has 110 valence electrons. The normalized spacial score (nSPS) is 29.0. The molecular weight excluding hydrogens is 264 g/mol. The maximum absolute atomic E-state index is 12.6. The summed E-state index contributed by atoms with van der Waals surface area (Å²) in [7, 11) is 0. The van der Waals surface area contributed by atoms with Crippen molar-refractivity contribution < 1.29 is 9.90 Å². The first-order chi connectivity index (χ1) is 10.3. The van der Waals surface area contributed by atoms with E-state index in [1.165, 1.54) is 0 Å². The Morgan fingerprint density at radius 2 is 1.95 bits per heavy atom. The molecule has 1 N–H and O–H groups in total. The van der Waals surface area contributed by atoms with Crippen molar-refractivity contribution in [1.82, 2.24) is 4.90 Å². The maximum atomic E-state index is 12.6. The average molecular weight is 284 g/mol. The second-order valence-corrected chi connectivity index (χ2v) is 5.99. The van der Waals surface area contributed by atoms with Crippen LogP contribution >= 0.6 is 0 Å². The second-order valence-electron chi connectivity index (χ2n) is 5.99. The Bertz CT molecular complexity index is 546. The molecule has 2 aliphatic rings. The summed E-state index contributed by atoms with van der Waals surface area (Å²) in [6.07, 6.45) is 4.02. The van der Waals surface area contributed by atoms with Crippen LogP contribution in [0.15, 0.2) is 30.3 Å². The van der Waals surface area contributed by atoms with E-state index in [0.29, 0.717) is 0 Å². The Balaban J connectivity index is 1.83. The van der Waals surface area contributed by atoms with Crippen LogP contribution in [0.4, 0.5) is 0 Å². The standard InChI is InChI=1S/C17H20N2O2/c18-10-14-16(12-6-2-1-3-7-12)15(11-20)19(14)17(21)13-8-4-5-9-13/h1-3,6-7,13-16,20H,4-5,8-9,11H2/t14-,15-,16+/m0/s1. The number of nitrogens with zero attached hydrogens (tertiary/aromatic N) is 2. The Morgan fingerprint density at radius 1 is 1.29 bits per heavy atom. The SMILES string of the molecule is N#C[C@H]1[C@@H](c2ccccc2)[C@H](CO)N1C(=O)C1CCCC1. The fourth-order valence-corrected chi connectivity index (χ4v) is 3.77. The van der Waals surface area contributed by atoms with Crippen molar-refractivity contribution in [3.63, 3.8) is 0 Å². The molecule has 1 aromatic rings. The van der Waals surface area contributed by atoms with Gasteiger partial charge >= 0.3 is 0 Å². The highest BCUT2D eigenvalue weighted by Gasteiger charge is 2.52. The summed E-state index contributed by atoms with van der Waals surface area (Å²) in [6, 6.07) is 11.3. The van der Waals surface area contributed by atoms with E-state index in [9.17, 15) is 15.2 Å². The number of rotatable bonds is 3. The summed E-state index contributed by atoms with van der Waals surface area (Å²) >= 11 is 0. The number of benzene rings is 1. The number of amides is 1. The lowest BCUT2D eigenvalue weighted by atomic mass is 9.75. The zero-order valence-electron chi connectivity index (χ0n) is 12.0. The molecule has 4 heteroatoms. The monoisotopic (exact) mass is 284 g/mol. The van der Waals surface area contributed by atoms with Gasteiger partial charge in [-0.05, 0) is 18.4 Å². The van der Waals surface area contributed by atoms with E-state index in [-0.39, 0.29) is 30.4 Å². The van der Waals surface area contributed by atoms with Gasteiger partial charge in [0.1, 0.15) is 6.04 Å². The summed E-state index contributed by atoms with van der Waals surface area (Å²) in [4.78, 5) is 14.2. The number of aliphatic hydroxyl groups excluding tert-OH is 1. The zero-order chi connectivity index (χ0) is 14.8. The Kier molecular flexibility index (Phi) is 3.94. The number of aliphatic hydroxyl groups is 1. The van der Waals surface area contributed by atoms with Crippen molar-refractivity contribution >= 4 is 5.91 Å². The number of nitriles is 1. The van der Waals surface area contributed by atoms with Crippen molar-refractivity contribution in [2.45, 2.75) is 43.7 Å². The highest BCUT2D eigenvalue weighted by Crippen LogP contribution is 2.42. The van der Waals surface area contributed by atoms with E-state index in [2.05, 4.69) is 6.07 Å². The minimum absolute atomic E-state index is 0.0478.